The van der Waals surface area contributed by atoms with Gasteiger partial charge in [0.1, 0.15) is 11.6 Å². The van der Waals surface area contributed by atoms with E-state index in [0.717, 1.165) is 54.7 Å². The maximum Gasteiger partial charge on any atom is 0.191 e. The number of aliphatic imine (C=N–C) groups is 1. The summed E-state index contributed by atoms with van der Waals surface area (Å²) in [4.78, 5) is 4.32. The van der Waals surface area contributed by atoms with Crippen LogP contribution in [0.15, 0.2) is 23.2 Å². The Bertz CT molecular complexity index is 804. The Balaban J connectivity index is 0.00000280. The van der Waals surface area contributed by atoms with Crippen molar-refractivity contribution >= 4 is 29.9 Å². The highest BCUT2D eigenvalue weighted by Crippen LogP contribution is 2.22. The maximum absolute atomic E-state index is 6.09. The number of hydrogen-bond acceptors (Lipinski definition) is 4. The third kappa shape index (κ3) is 5.59. The second kappa shape index (κ2) is 10.6. The van der Waals surface area contributed by atoms with Gasteiger partial charge in [0.15, 0.2) is 11.8 Å². The third-order valence-corrected chi connectivity index (χ3v) is 4.90. The van der Waals surface area contributed by atoms with Crippen LogP contribution >= 0.6 is 24.0 Å². The molecule has 0 fully saturated rings. The number of halogens is 1. The molecule has 0 amide bonds. The Labute approximate surface area is 184 Å². The van der Waals surface area contributed by atoms with Gasteiger partial charge < -0.3 is 19.9 Å². The van der Waals surface area contributed by atoms with Crippen LogP contribution in [0, 0.1) is 6.92 Å². The molecule has 7 nitrogen and oxygen atoms in total. The van der Waals surface area contributed by atoms with Gasteiger partial charge in [-0.3, -0.25) is 4.99 Å². The Morgan fingerprint density at radius 1 is 1.29 bits per heavy atom. The summed E-state index contributed by atoms with van der Waals surface area (Å²) in [5.74, 6) is 3.71. The first-order valence-electron chi connectivity index (χ1n) is 9.72. The molecule has 8 heteroatoms. The predicted molar refractivity (Wildman–Crippen MR) is 122 cm³/mol. The Kier molecular flexibility index (Phi) is 8.53. The third-order valence-electron chi connectivity index (χ3n) is 4.90. The number of fused-ring (bicyclic) bond motifs is 1. The average Bonchev–Trinajstić information content (AvgIpc) is 3.27. The van der Waals surface area contributed by atoms with Crippen molar-refractivity contribution in [1.82, 2.24) is 25.4 Å². The van der Waals surface area contributed by atoms with E-state index in [0.29, 0.717) is 13.1 Å². The van der Waals surface area contributed by atoms with Gasteiger partial charge in [-0.25, -0.2) is 0 Å². The number of nitrogens with one attached hydrogen (secondary N) is 2. The van der Waals surface area contributed by atoms with Crippen LogP contribution in [0.25, 0.3) is 0 Å². The molecule has 1 aliphatic heterocycles. The lowest BCUT2D eigenvalue weighted by Gasteiger charge is -2.18. The number of nitrogens with zero attached hydrogens (tertiary/aromatic N) is 4. The van der Waals surface area contributed by atoms with Crippen molar-refractivity contribution in [3.63, 3.8) is 0 Å². The first-order valence-corrected chi connectivity index (χ1v) is 9.72. The van der Waals surface area contributed by atoms with Crippen LogP contribution in [0.5, 0.6) is 5.75 Å². The van der Waals surface area contributed by atoms with Crippen molar-refractivity contribution in [2.45, 2.75) is 65.8 Å². The molecule has 2 heterocycles. The Morgan fingerprint density at radius 2 is 2.07 bits per heavy atom. The second-order valence-electron chi connectivity index (χ2n) is 7.01. The van der Waals surface area contributed by atoms with E-state index < -0.39 is 0 Å². The highest BCUT2D eigenvalue weighted by atomic mass is 127. The molecule has 0 spiro atoms. The van der Waals surface area contributed by atoms with Gasteiger partial charge in [0.2, 0.25) is 0 Å². The number of ether oxygens (including phenoxy) is 1. The molecule has 154 valence electrons. The lowest BCUT2D eigenvalue weighted by atomic mass is 10.1. The summed E-state index contributed by atoms with van der Waals surface area (Å²) in [6.45, 7) is 8.56. The minimum Gasteiger partial charge on any atom is -0.490 e. The van der Waals surface area contributed by atoms with E-state index in [1.165, 1.54) is 5.56 Å². The molecule has 1 aromatic heterocycles. The number of guanidine groups is 1. The first kappa shape index (κ1) is 22.4. The van der Waals surface area contributed by atoms with Crippen LogP contribution in [0.1, 0.15) is 49.5 Å². The van der Waals surface area contributed by atoms with Gasteiger partial charge in [-0.2, -0.15) is 0 Å². The summed E-state index contributed by atoms with van der Waals surface area (Å²) in [5, 5.41) is 15.2. The molecule has 1 atom stereocenters. The van der Waals surface area contributed by atoms with Gasteiger partial charge in [0, 0.05) is 32.1 Å². The lowest BCUT2D eigenvalue weighted by molar-refractivity contribution is 0.215. The normalized spacial score (nSPS) is 14.2. The van der Waals surface area contributed by atoms with Gasteiger partial charge >= 0.3 is 0 Å². The molecule has 1 aliphatic rings. The molecule has 0 saturated carbocycles. The highest BCUT2D eigenvalue weighted by molar-refractivity contribution is 14.0. The van der Waals surface area contributed by atoms with E-state index in [1.807, 2.05) is 0 Å². The molecule has 1 aromatic carbocycles. The summed E-state index contributed by atoms with van der Waals surface area (Å²) in [7, 11) is 1.77. The summed E-state index contributed by atoms with van der Waals surface area (Å²) in [5.41, 5.74) is 2.31. The molecule has 1 unspecified atom stereocenters. The number of aryl methyl sites for hydroxylation is 2. The minimum atomic E-state index is 0. The highest BCUT2D eigenvalue weighted by Gasteiger charge is 2.17. The molecule has 0 radical (unpaired) electrons. The average molecular weight is 498 g/mol. The predicted octanol–water partition coefficient (Wildman–Crippen LogP) is 3.19. The van der Waals surface area contributed by atoms with Gasteiger partial charge in [-0.1, -0.05) is 19.1 Å². The molecule has 0 bridgehead atoms. The van der Waals surface area contributed by atoms with Crippen LogP contribution in [-0.2, 0) is 26.1 Å². The van der Waals surface area contributed by atoms with E-state index in [9.17, 15) is 0 Å². The van der Waals surface area contributed by atoms with Crippen LogP contribution in [-0.4, -0.2) is 33.9 Å². The zero-order valence-corrected chi connectivity index (χ0v) is 19.5. The van der Waals surface area contributed by atoms with E-state index in [-0.39, 0.29) is 30.1 Å². The van der Waals surface area contributed by atoms with Crippen molar-refractivity contribution < 1.29 is 4.74 Å². The number of benzene rings is 1. The number of hydrogen-bond donors (Lipinski definition) is 2. The van der Waals surface area contributed by atoms with Gasteiger partial charge in [-0.15, -0.1) is 34.2 Å². The lowest BCUT2D eigenvalue weighted by Crippen LogP contribution is -2.37. The molecule has 3 rings (SSSR count). The van der Waals surface area contributed by atoms with Crippen LogP contribution in [0.2, 0.25) is 0 Å². The van der Waals surface area contributed by atoms with Gasteiger partial charge in [0.25, 0.3) is 0 Å². The monoisotopic (exact) mass is 498 g/mol. The second-order valence-corrected chi connectivity index (χ2v) is 7.01. The largest absolute Gasteiger partial charge is 0.490 e. The van der Waals surface area contributed by atoms with Crippen molar-refractivity contribution in [3.05, 3.63) is 41.0 Å². The van der Waals surface area contributed by atoms with Crippen molar-refractivity contribution in [1.29, 1.82) is 0 Å². The molecular weight excluding hydrogens is 467 g/mol. The van der Waals surface area contributed by atoms with Crippen LogP contribution in [0.3, 0.4) is 0 Å². The summed E-state index contributed by atoms with van der Waals surface area (Å²) >= 11 is 0. The van der Waals surface area contributed by atoms with E-state index in [1.54, 1.807) is 7.05 Å². The zero-order chi connectivity index (χ0) is 19.2. The Morgan fingerprint density at radius 3 is 2.82 bits per heavy atom. The fourth-order valence-corrected chi connectivity index (χ4v) is 3.12. The molecule has 28 heavy (non-hydrogen) atoms. The molecule has 0 aliphatic carbocycles. The fourth-order valence-electron chi connectivity index (χ4n) is 3.12. The van der Waals surface area contributed by atoms with Crippen LogP contribution in [0.4, 0.5) is 0 Å². The Hall–Kier alpha value is -1.84. The van der Waals surface area contributed by atoms with Gasteiger partial charge in [-0.05, 0) is 38.3 Å². The number of aromatic nitrogens is 3. The fraction of sp³-hybridized carbons (Fsp3) is 0.550. The summed E-state index contributed by atoms with van der Waals surface area (Å²) in [6, 6.07) is 6.31. The smallest absolute Gasteiger partial charge is 0.191 e. The quantitative estimate of drug-likeness (QED) is 0.349. The van der Waals surface area contributed by atoms with E-state index >= 15 is 0 Å². The summed E-state index contributed by atoms with van der Waals surface area (Å²) < 4.78 is 8.28. The van der Waals surface area contributed by atoms with Crippen LogP contribution < -0.4 is 15.4 Å². The standard InChI is InChI=1S/C20H30N6O.HI/c1-5-15(3)27-17-11-14(2)8-9-16(17)12-22-20(21-4)23-13-19-25-24-18-7-6-10-26(18)19;/h8-9,11,15H,5-7,10,12-13H2,1-4H3,(H2,21,22,23);1H. The molecule has 2 aromatic rings. The molecule has 0 saturated heterocycles. The molecular formula is C20H31IN6O. The SMILES string of the molecule is CCC(C)Oc1cc(C)ccc1CNC(=NC)NCc1nnc2n1CCC2.I. The minimum absolute atomic E-state index is 0. The van der Waals surface area contributed by atoms with E-state index in [2.05, 4.69) is 69.4 Å². The first-order chi connectivity index (χ1) is 13.1. The van der Waals surface area contributed by atoms with Gasteiger partial charge in [0.05, 0.1) is 12.6 Å². The van der Waals surface area contributed by atoms with Crippen molar-refractivity contribution in [2.24, 2.45) is 4.99 Å². The zero-order valence-electron chi connectivity index (χ0n) is 17.2. The summed E-state index contributed by atoms with van der Waals surface area (Å²) in [6.07, 6.45) is 3.34. The van der Waals surface area contributed by atoms with Crippen molar-refractivity contribution in [3.8, 4) is 5.75 Å². The topological polar surface area (TPSA) is 76.4 Å². The van der Waals surface area contributed by atoms with E-state index in [4.69, 9.17) is 4.74 Å². The maximum atomic E-state index is 6.09. The molecule has 2 N–H and O–H groups in total. The number of rotatable bonds is 7. The van der Waals surface area contributed by atoms with Crippen molar-refractivity contribution in [2.75, 3.05) is 7.05 Å².